The minimum Gasteiger partial charge on any atom is -0.487 e. The van der Waals surface area contributed by atoms with Crippen LogP contribution in [0.4, 0.5) is 0 Å². The van der Waals surface area contributed by atoms with Gasteiger partial charge in [-0.25, -0.2) is 4.31 Å². The number of rotatable bonds is 11. The molecule has 0 amide bonds. The number of nitrogens with zero attached hydrogens (tertiary/aromatic N) is 2. The van der Waals surface area contributed by atoms with E-state index in [0.29, 0.717) is 30.3 Å². The first kappa shape index (κ1) is 32.1. The maximum Gasteiger partial charge on any atom is 0.248 e. The molecule has 6 nitrogen and oxygen atoms in total. The Morgan fingerprint density at radius 3 is 2.16 bits per heavy atom. The van der Waals surface area contributed by atoms with Crippen molar-refractivity contribution in [2.24, 2.45) is 5.92 Å². The highest BCUT2D eigenvalue weighted by Gasteiger charge is 2.45. The Morgan fingerprint density at radius 1 is 0.886 bits per heavy atom. The number of ether oxygens (including phenoxy) is 1. The van der Waals surface area contributed by atoms with Gasteiger partial charge in [0.15, 0.2) is 0 Å². The van der Waals surface area contributed by atoms with E-state index in [1.54, 1.807) is 6.07 Å². The van der Waals surface area contributed by atoms with Crippen LogP contribution in [0.1, 0.15) is 50.3 Å². The molecule has 0 unspecified atom stereocenters. The number of benzene rings is 3. The van der Waals surface area contributed by atoms with Crippen molar-refractivity contribution in [1.29, 1.82) is 0 Å². The van der Waals surface area contributed by atoms with Crippen molar-refractivity contribution in [2.75, 3.05) is 38.7 Å². The zero-order chi connectivity index (χ0) is 31.4. The molecule has 0 bridgehead atoms. The van der Waals surface area contributed by atoms with E-state index in [9.17, 15) is 9.00 Å². The smallest absolute Gasteiger partial charge is 0.248 e. The van der Waals surface area contributed by atoms with E-state index in [1.807, 2.05) is 55.0 Å². The maximum atomic E-state index is 14.9. The maximum absolute atomic E-state index is 14.9. The molecule has 0 saturated carbocycles. The number of fused-ring (bicyclic) bond motifs is 1. The lowest BCUT2D eigenvalue weighted by atomic mass is 9.96. The molecule has 0 aliphatic carbocycles. The number of nitrogens with one attached hydrogen (secondary N) is 1. The average Bonchev–Trinajstić information content (AvgIpc) is 2.99. The topological polar surface area (TPSA) is 65.6 Å². The van der Waals surface area contributed by atoms with Crippen molar-refractivity contribution in [1.82, 2.24) is 14.2 Å². The van der Waals surface area contributed by atoms with Crippen molar-refractivity contribution in [2.45, 2.75) is 57.9 Å². The third-order valence-corrected chi connectivity index (χ3v) is 15.1. The lowest BCUT2D eigenvalue weighted by molar-refractivity contribution is 0.162. The van der Waals surface area contributed by atoms with Crippen LogP contribution in [0.3, 0.4) is 0 Å². The molecule has 4 aromatic rings. The van der Waals surface area contributed by atoms with Gasteiger partial charge in [0.1, 0.15) is 12.4 Å². The Balaban J connectivity index is 1.33. The van der Waals surface area contributed by atoms with Crippen LogP contribution in [0, 0.1) is 5.92 Å². The quantitative estimate of drug-likeness (QED) is 0.205. The second-order valence-corrected chi connectivity index (χ2v) is 19.1. The summed E-state index contributed by atoms with van der Waals surface area (Å²) in [5.74, 6) is 1.16. The van der Waals surface area contributed by atoms with E-state index < -0.39 is 9.25 Å². The average molecular weight is 616 g/mol. The molecule has 1 aliphatic rings. The van der Waals surface area contributed by atoms with E-state index in [4.69, 9.17) is 4.74 Å². The van der Waals surface area contributed by atoms with Crippen molar-refractivity contribution in [3.8, 4) is 5.75 Å². The molecule has 1 aromatic heterocycles. The molecule has 7 heteroatoms. The Bertz CT molecular complexity index is 1660. The fourth-order valence-corrected chi connectivity index (χ4v) is 8.06. The van der Waals surface area contributed by atoms with Gasteiger partial charge in [-0.2, -0.15) is 0 Å². The molecule has 5 rings (SSSR count). The zero-order valence-electron chi connectivity index (χ0n) is 27.1. The van der Waals surface area contributed by atoms with Gasteiger partial charge in [0.05, 0.1) is 5.52 Å². The zero-order valence-corrected chi connectivity index (χ0v) is 27.9. The number of aromatic nitrogens is 1. The number of aromatic amines is 1. The monoisotopic (exact) mass is 615 g/mol. The molecule has 0 atom stereocenters. The summed E-state index contributed by atoms with van der Waals surface area (Å²) in [5, 5.41) is 0.968. The molecule has 44 heavy (non-hydrogen) atoms. The number of hydrogen-bond acceptors (Lipinski definition) is 4. The van der Waals surface area contributed by atoms with Crippen LogP contribution in [0.25, 0.3) is 10.9 Å². The second kappa shape index (κ2) is 13.0. The fraction of sp³-hybridized carbons (Fsp3) is 0.432. The molecule has 0 spiro atoms. The van der Waals surface area contributed by atoms with Crippen molar-refractivity contribution < 1.29 is 8.95 Å². The van der Waals surface area contributed by atoms with Crippen LogP contribution >= 0.6 is 0 Å². The molecular formula is C37H49N3O3S. The normalized spacial score (nSPS) is 16.2. The van der Waals surface area contributed by atoms with Gasteiger partial charge in [-0.3, -0.25) is 13.9 Å². The van der Waals surface area contributed by atoms with Gasteiger partial charge < -0.3 is 9.72 Å². The summed E-state index contributed by atoms with van der Waals surface area (Å²) < 4.78 is 23.0. The number of likely N-dealkylation sites (tertiary alicyclic amines) is 1. The highest BCUT2D eigenvalue weighted by Crippen LogP contribution is 2.40. The SMILES string of the molecule is CC(C)(C)S(C)(C)(=O)N(CCc1ccc(OCc2ccccc2)c2[nH]c(=O)ccc12)CC1CCN(Cc2ccccc2)CC1. The summed E-state index contributed by atoms with van der Waals surface area (Å²) in [6.07, 6.45) is 6.90. The number of pyridine rings is 1. The van der Waals surface area contributed by atoms with Crippen LogP contribution in [0.15, 0.2) is 89.7 Å². The predicted octanol–water partition coefficient (Wildman–Crippen LogP) is 6.66. The van der Waals surface area contributed by atoms with Gasteiger partial charge in [-0.05, 0) is 97.1 Å². The first-order valence-corrected chi connectivity index (χ1v) is 18.6. The summed E-state index contributed by atoms with van der Waals surface area (Å²) in [6, 6.07) is 28.2. The third-order valence-electron chi connectivity index (χ3n) is 9.73. The second-order valence-electron chi connectivity index (χ2n) is 13.8. The molecule has 1 aliphatic heterocycles. The van der Waals surface area contributed by atoms with Crippen molar-refractivity contribution in [3.05, 3.63) is 112 Å². The Kier molecular flexibility index (Phi) is 9.49. The Labute approximate surface area is 263 Å². The Hall–Kier alpha value is -3.26. The first-order chi connectivity index (χ1) is 20.9. The first-order valence-electron chi connectivity index (χ1n) is 15.8. The van der Waals surface area contributed by atoms with Crippen LogP contribution in [-0.4, -0.2) is 61.8 Å². The minimum atomic E-state index is -3.19. The van der Waals surface area contributed by atoms with Gasteiger partial charge in [0.2, 0.25) is 5.56 Å². The van der Waals surface area contributed by atoms with Crippen LogP contribution in [0.5, 0.6) is 5.75 Å². The number of H-pyrrole nitrogens is 1. The van der Waals surface area contributed by atoms with Crippen LogP contribution < -0.4 is 10.3 Å². The highest BCUT2D eigenvalue weighted by molar-refractivity contribution is 8.17. The van der Waals surface area contributed by atoms with Crippen LogP contribution in [0.2, 0.25) is 0 Å². The van der Waals surface area contributed by atoms with Crippen LogP contribution in [-0.2, 0) is 28.8 Å². The predicted molar refractivity (Wildman–Crippen MR) is 185 cm³/mol. The highest BCUT2D eigenvalue weighted by atomic mass is 32.3. The van der Waals surface area contributed by atoms with E-state index in [-0.39, 0.29) is 10.3 Å². The minimum absolute atomic E-state index is 0.155. The van der Waals surface area contributed by atoms with E-state index in [2.05, 4.69) is 71.4 Å². The molecule has 2 heterocycles. The van der Waals surface area contributed by atoms with E-state index >= 15 is 0 Å². The summed E-state index contributed by atoms with van der Waals surface area (Å²) in [7, 11) is -3.19. The lowest BCUT2D eigenvalue weighted by Crippen LogP contribution is -2.62. The standard InChI is InChI=1S/C37H49N3O3S/c1-37(2,3)44(4,5,42)40(27-30-20-23-39(24-21-30)26-29-12-8-6-9-13-29)25-22-32-16-18-34(36-33(32)17-19-35(41)38-36)43-28-31-14-10-7-11-15-31/h6-19,30H,20-28H2,1-5H3,(H,38,41). The van der Waals surface area contributed by atoms with E-state index in [0.717, 1.165) is 62.0 Å². The summed E-state index contributed by atoms with van der Waals surface area (Å²) in [4.78, 5) is 17.9. The molecule has 0 radical (unpaired) electrons. The van der Waals surface area contributed by atoms with Gasteiger partial charge in [-0.15, -0.1) is 0 Å². The fourth-order valence-electron chi connectivity index (χ4n) is 6.02. The molecule has 236 valence electrons. The molecule has 1 saturated heterocycles. The van der Waals surface area contributed by atoms with Gasteiger partial charge in [0, 0.05) is 48.3 Å². The summed E-state index contributed by atoms with van der Waals surface area (Å²) in [5.41, 5.74) is 4.10. The van der Waals surface area contributed by atoms with Gasteiger partial charge in [-0.1, -0.05) is 66.7 Å². The van der Waals surface area contributed by atoms with Crippen molar-refractivity contribution in [3.63, 3.8) is 0 Å². The molecular weight excluding hydrogens is 566 g/mol. The lowest BCUT2D eigenvalue weighted by Gasteiger charge is -2.55. The van der Waals surface area contributed by atoms with Crippen molar-refractivity contribution >= 4 is 20.2 Å². The van der Waals surface area contributed by atoms with Gasteiger partial charge >= 0.3 is 0 Å². The number of hydrogen-bond donors (Lipinski definition) is 1. The van der Waals surface area contributed by atoms with Gasteiger partial charge in [0.25, 0.3) is 0 Å². The summed E-state index contributed by atoms with van der Waals surface area (Å²) >= 11 is 0. The molecule has 3 aromatic carbocycles. The largest absolute Gasteiger partial charge is 0.487 e. The summed E-state index contributed by atoms with van der Waals surface area (Å²) in [6.45, 7) is 11.4. The molecule has 1 N–H and O–H groups in total. The van der Waals surface area contributed by atoms with E-state index in [1.165, 1.54) is 5.56 Å². The third kappa shape index (κ3) is 7.33. The molecule has 1 fully saturated rings. The number of piperidine rings is 1. The Morgan fingerprint density at radius 2 is 1.52 bits per heavy atom.